The first-order valence-electron chi connectivity index (χ1n) is 9.19. The lowest BCUT2D eigenvalue weighted by molar-refractivity contribution is -0.117. The SMILES string of the molecule is CC(C)NS(=O)(=O)c1ccc(NC(=O)CCNC(=O)/C=C/c2ccccc2)cc1. The first-order chi connectivity index (χ1) is 13.8. The van der Waals surface area contributed by atoms with Crippen LogP contribution in [0.25, 0.3) is 6.08 Å². The summed E-state index contributed by atoms with van der Waals surface area (Å²) in [5.74, 6) is -0.567. The molecular formula is C21H25N3O4S. The smallest absolute Gasteiger partial charge is 0.244 e. The van der Waals surface area contributed by atoms with Crippen LogP contribution in [0.2, 0.25) is 0 Å². The average Bonchev–Trinajstić information content (AvgIpc) is 2.66. The maximum absolute atomic E-state index is 12.1. The minimum Gasteiger partial charge on any atom is -0.352 e. The van der Waals surface area contributed by atoms with Gasteiger partial charge in [0.15, 0.2) is 0 Å². The number of nitrogens with one attached hydrogen (secondary N) is 3. The molecule has 0 heterocycles. The van der Waals surface area contributed by atoms with Gasteiger partial charge in [-0.3, -0.25) is 9.59 Å². The third-order valence-electron chi connectivity index (χ3n) is 3.72. The van der Waals surface area contributed by atoms with Gasteiger partial charge in [-0.25, -0.2) is 13.1 Å². The van der Waals surface area contributed by atoms with E-state index in [0.29, 0.717) is 5.69 Å². The number of amides is 2. The van der Waals surface area contributed by atoms with Crippen molar-refractivity contribution in [2.75, 3.05) is 11.9 Å². The van der Waals surface area contributed by atoms with Crippen molar-refractivity contribution < 1.29 is 18.0 Å². The van der Waals surface area contributed by atoms with E-state index >= 15 is 0 Å². The molecule has 0 saturated heterocycles. The molecule has 0 aliphatic heterocycles. The summed E-state index contributed by atoms with van der Waals surface area (Å²) in [6.07, 6.45) is 3.20. The Morgan fingerprint density at radius 3 is 2.28 bits per heavy atom. The summed E-state index contributed by atoms with van der Waals surface area (Å²) in [6.45, 7) is 3.67. The number of anilines is 1. The van der Waals surface area contributed by atoms with Gasteiger partial charge in [0.25, 0.3) is 0 Å². The highest BCUT2D eigenvalue weighted by Crippen LogP contribution is 2.14. The van der Waals surface area contributed by atoms with Crippen molar-refractivity contribution >= 4 is 33.6 Å². The molecule has 0 radical (unpaired) electrons. The Morgan fingerprint density at radius 2 is 1.66 bits per heavy atom. The van der Waals surface area contributed by atoms with Crippen LogP contribution in [0, 0.1) is 0 Å². The standard InChI is InChI=1S/C21H25N3O4S/c1-16(2)24-29(27,28)19-11-9-18(10-12-19)23-21(26)14-15-22-20(25)13-8-17-6-4-3-5-7-17/h3-13,16,24H,14-15H2,1-2H3,(H,22,25)(H,23,26)/b13-8+. The zero-order chi connectivity index (χ0) is 21.3. The van der Waals surface area contributed by atoms with E-state index in [4.69, 9.17) is 0 Å². The molecule has 3 N–H and O–H groups in total. The first kappa shape index (κ1) is 22.3. The van der Waals surface area contributed by atoms with E-state index in [9.17, 15) is 18.0 Å². The second-order valence-corrected chi connectivity index (χ2v) is 8.35. The van der Waals surface area contributed by atoms with E-state index in [2.05, 4.69) is 15.4 Å². The predicted molar refractivity (Wildman–Crippen MR) is 114 cm³/mol. The Morgan fingerprint density at radius 1 is 1.00 bits per heavy atom. The largest absolute Gasteiger partial charge is 0.352 e. The highest BCUT2D eigenvalue weighted by molar-refractivity contribution is 7.89. The zero-order valence-corrected chi connectivity index (χ0v) is 17.2. The average molecular weight is 416 g/mol. The van der Waals surface area contributed by atoms with Crippen molar-refractivity contribution in [3.8, 4) is 0 Å². The fraction of sp³-hybridized carbons (Fsp3) is 0.238. The molecule has 29 heavy (non-hydrogen) atoms. The number of hydrogen-bond acceptors (Lipinski definition) is 4. The molecule has 2 rings (SSSR count). The van der Waals surface area contributed by atoms with Crippen LogP contribution >= 0.6 is 0 Å². The van der Waals surface area contributed by atoms with Gasteiger partial charge in [0, 0.05) is 30.8 Å². The van der Waals surface area contributed by atoms with Gasteiger partial charge in [-0.05, 0) is 49.8 Å². The van der Waals surface area contributed by atoms with Crippen LogP contribution in [0.1, 0.15) is 25.8 Å². The van der Waals surface area contributed by atoms with Crippen molar-refractivity contribution in [3.63, 3.8) is 0 Å². The summed E-state index contributed by atoms with van der Waals surface area (Å²) in [5, 5.41) is 5.31. The summed E-state index contributed by atoms with van der Waals surface area (Å²) in [5.41, 5.74) is 1.39. The van der Waals surface area contributed by atoms with Crippen molar-refractivity contribution in [2.45, 2.75) is 31.2 Å². The predicted octanol–water partition coefficient (Wildman–Crippen LogP) is 2.53. The van der Waals surface area contributed by atoms with Gasteiger partial charge in [0.2, 0.25) is 21.8 Å². The summed E-state index contributed by atoms with van der Waals surface area (Å²) in [6, 6.07) is 15.1. The minimum atomic E-state index is -3.57. The van der Waals surface area contributed by atoms with Gasteiger partial charge in [0.1, 0.15) is 0 Å². The molecule has 7 nitrogen and oxygen atoms in total. The molecule has 8 heteroatoms. The topological polar surface area (TPSA) is 104 Å². The van der Waals surface area contributed by atoms with Crippen molar-refractivity contribution in [3.05, 3.63) is 66.2 Å². The Kier molecular flexibility index (Phi) is 8.11. The molecule has 0 aromatic heterocycles. The van der Waals surface area contributed by atoms with Crippen LogP contribution in [-0.2, 0) is 19.6 Å². The van der Waals surface area contributed by atoms with E-state index in [1.165, 1.54) is 30.3 Å². The van der Waals surface area contributed by atoms with Crippen LogP contribution in [-0.4, -0.2) is 32.8 Å². The van der Waals surface area contributed by atoms with E-state index < -0.39 is 10.0 Å². The molecule has 154 valence electrons. The lowest BCUT2D eigenvalue weighted by Crippen LogP contribution is -2.30. The monoisotopic (exact) mass is 415 g/mol. The van der Waals surface area contributed by atoms with Gasteiger partial charge >= 0.3 is 0 Å². The number of hydrogen-bond donors (Lipinski definition) is 3. The molecule has 0 aliphatic rings. The van der Waals surface area contributed by atoms with E-state index in [-0.39, 0.29) is 35.7 Å². The summed E-state index contributed by atoms with van der Waals surface area (Å²) < 4.78 is 26.7. The summed E-state index contributed by atoms with van der Waals surface area (Å²) in [7, 11) is -3.57. The van der Waals surface area contributed by atoms with Gasteiger partial charge in [-0.2, -0.15) is 0 Å². The lowest BCUT2D eigenvalue weighted by atomic mass is 10.2. The molecule has 0 bridgehead atoms. The molecule has 2 amide bonds. The molecular weight excluding hydrogens is 390 g/mol. The normalized spacial score (nSPS) is 11.6. The second kappa shape index (κ2) is 10.5. The van der Waals surface area contributed by atoms with Gasteiger partial charge in [-0.1, -0.05) is 30.3 Å². The number of carbonyl (C=O) groups excluding carboxylic acids is 2. The van der Waals surface area contributed by atoms with Crippen molar-refractivity contribution in [1.29, 1.82) is 0 Å². The Bertz CT molecular complexity index is 953. The van der Waals surface area contributed by atoms with Crippen LogP contribution in [0.5, 0.6) is 0 Å². The van der Waals surface area contributed by atoms with Gasteiger partial charge in [0.05, 0.1) is 4.90 Å². The number of benzene rings is 2. The van der Waals surface area contributed by atoms with Crippen molar-refractivity contribution in [2.24, 2.45) is 0 Å². The third-order valence-corrected chi connectivity index (χ3v) is 5.39. The molecule has 0 unspecified atom stereocenters. The minimum absolute atomic E-state index is 0.0971. The zero-order valence-electron chi connectivity index (χ0n) is 16.4. The molecule has 0 spiro atoms. The Balaban J connectivity index is 1.78. The van der Waals surface area contributed by atoms with Crippen LogP contribution in [0.4, 0.5) is 5.69 Å². The van der Waals surface area contributed by atoms with E-state index in [1.54, 1.807) is 19.9 Å². The maximum atomic E-state index is 12.1. The van der Waals surface area contributed by atoms with E-state index in [1.807, 2.05) is 30.3 Å². The molecule has 2 aromatic rings. The van der Waals surface area contributed by atoms with Crippen molar-refractivity contribution in [1.82, 2.24) is 10.0 Å². The maximum Gasteiger partial charge on any atom is 0.244 e. The molecule has 2 aromatic carbocycles. The highest BCUT2D eigenvalue weighted by Gasteiger charge is 2.15. The molecule has 0 aliphatic carbocycles. The highest BCUT2D eigenvalue weighted by atomic mass is 32.2. The summed E-state index contributed by atoms with van der Waals surface area (Å²) in [4.78, 5) is 23.9. The van der Waals surface area contributed by atoms with Gasteiger partial charge in [-0.15, -0.1) is 0 Å². The number of carbonyl (C=O) groups is 2. The lowest BCUT2D eigenvalue weighted by Gasteiger charge is -2.10. The van der Waals surface area contributed by atoms with Crippen LogP contribution in [0.3, 0.4) is 0 Å². The molecule has 0 saturated carbocycles. The number of rotatable bonds is 9. The third kappa shape index (κ3) is 7.89. The first-order valence-corrected chi connectivity index (χ1v) is 10.7. The van der Waals surface area contributed by atoms with E-state index in [0.717, 1.165) is 5.56 Å². The molecule has 0 atom stereocenters. The second-order valence-electron chi connectivity index (χ2n) is 6.63. The Hall–Kier alpha value is -2.97. The Labute approximate surface area is 171 Å². The fourth-order valence-electron chi connectivity index (χ4n) is 2.41. The number of sulfonamides is 1. The van der Waals surface area contributed by atoms with Crippen LogP contribution in [0.15, 0.2) is 65.6 Å². The van der Waals surface area contributed by atoms with Crippen LogP contribution < -0.4 is 15.4 Å². The quantitative estimate of drug-likeness (QED) is 0.548. The fourth-order valence-corrected chi connectivity index (χ4v) is 3.66. The molecule has 0 fully saturated rings. The summed E-state index contributed by atoms with van der Waals surface area (Å²) >= 11 is 0. The van der Waals surface area contributed by atoms with Gasteiger partial charge < -0.3 is 10.6 Å².